The van der Waals surface area contributed by atoms with Crippen molar-refractivity contribution in [1.29, 1.82) is 5.26 Å². The number of carbonyl (C=O) groups is 1. The summed E-state index contributed by atoms with van der Waals surface area (Å²) in [5.41, 5.74) is 1.43. The lowest BCUT2D eigenvalue weighted by atomic mass is 9.96. The topological polar surface area (TPSA) is 122 Å². The molecule has 0 fully saturated rings. The van der Waals surface area contributed by atoms with Crippen molar-refractivity contribution in [2.75, 3.05) is 0 Å². The van der Waals surface area contributed by atoms with Crippen LogP contribution in [0.3, 0.4) is 0 Å². The summed E-state index contributed by atoms with van der Waals surface area (Å²) in [6.45, 7) is 1.64. The van der Waals surface area contributed by atoms with Gasteiger partial charge < -0.3 is 10.1 Å². The fraction of sp³-hybridized carbons (Fsp3) is 0.182. The van der Waals surface area contributed by atoms with Gasteiger partial charge in [-0.15, -0.1) is 0 Å². The molecule has 0 saturated carbocycles. The van der Waals surface area contributed by atoms with E-state index in [1.165, 1.54) is 12.1 Å². The maximum Gasteiger partial charge on any atom is 0.228 e. The van der Waals surface area contributed by atoms with Crippen molar-refractivity contribution in [3.63, 3.8) is 0 Å². The number of nitriles is 1. The van der Waals surface area contributed by atoms with Crippen LogP contribution in [0.2, 0.25) is 5.02 Å². The Morgan fingerprint density at radius 2 is 1.97 bits per heavy atom. The molecule has 0 aliphatic heterocycles. The predicted molar refractivity (Wildman–Crippen MR) is 117 cm³/mol. The van der Waals surface area contributed by atoms with Gasteiger partial charge in [-0.1, -0.05) is 42.8 Å². The molecule has 3 N–H and O–H groups in total. The standard InChI is InChI=1S/C22H20ClN3O4S/c1-14-19(26-21(27)12-16-6-2-3-8-18(16)23)9-10-20(22(14)31(25,28)29)30-17-7-4-5-15(11-17)13-24/h2-11,14,22H,12H2,1H3,(H,26,27)(H2,25,28,29). The van der Waals surface area contributed by atoms with Crippen LogP contribution in [-0.2, 0) is 21.2 Å². The number of nitrogens with two attached hydrogens (primary N) is 1. The van der Waals surface area contributed by atoms with Crippen molar-refractivity contribution >= 4 is 27.5 Å². The molecule has 2 atom stereocenters. The highest BCUT2D eigenvalue weighted by Gasteiger charge is 2.38. The Labute approximate surface area is 185 Å². The second-order valence-corrected chi connectivity index (χ2v) is 9.14. The van der Waals surface area contributed by atoms with E-state index in [4.69, 9.17) is 26.7 Å². The number of nitrogens with zero attached hydrogens (tertiary/aromatic N) is 1. The van der Waals surface area contributed by atoms with E-state index in [9.17, 15) is 13.2 Å². The van der Waals surface area contributed by atoms with Crippen LogP contribution in [-0.4, -0.2) is 19.6 Å². The summed E-state index contributed by atoms with van der Waals surface area (Å²) in [4.78, 5) is 12.5. The highest BCUT2D eigenvalue weighted by molar-refractivity contribution is 7.90. The fourth-order valence-electron chi connectivity index (χ4n) is 3.31. The highest BCUT2D eigenvalue weighted by atomic mass is 35.5. The number of benzene rings is 2. The summed E-state index contributed by atoms with van der Waals surface area (Å²) in [5, 5.41) is 16.5. The summed E-state index contributed by atoms with van der Waals surface area (Å²) in [6.07, 6.45) is 3.08. The van der Waals surface area contributed by atoms with E-state index in [1.807, 2.05) is 6.07 Å². The number of nitrogens with one attached hydrogen (secondary N) is 1. The molecule has 0 spiro atoms. The highest BCUT2D eigenvalue weighted by Crippen LogP contribution is 2.31. The van der Waals surface area contributed by atoms with E-state index < -0.39 is 21.2 Å². The second-order valence-electron chi connectivity index (χ2n) is 7.05. The lowest BCUT2D eigenvalue weighted by Crippen LogP contribution is -2.43. The van der Waals surface area contributed by atoms with Gasteiger partial charge in [0.25, 0.3) is 0 Å². The van der Waals surface area contributed by atoms with Crippen molar-refractivity contribution < 1.29 is 17.9 Å². The number of rotatable bonds is 6. The van der Waals surface area contributed by atoms with Gasteiger partial charge in [0.15, 0.2) is 0 Å². The van der Waals surface area contributed by atoms with E-state index in [0.717, 1.165) is 0 Å². The summed E-state index contributed by atoms with van der Waals surface area (Å²) in [7, 11) is -4.07. The Morgan fingerprint density at radius 3 is 2.65 bits per heavy atom. The molecule has 0 heterocycles. The zero-order valence-corrected chi connectivity index (χ0v) is 18.2. The molecule has 3 rings (SSSR count). The SMILES string of the molecule is CC1C(NC(=O)Cc2ccccc2Cl)=CC=C(Oc2cccc(C#N)c2)C1S(N)(=O)=O. The number of primary sulfonamides is 1. The van der Waals surface area contributed by atoms with Gasteiger partial charge in [0.05, 0.1) is 18.1 Å². The van der Waals surface area contributed by atoms with E-state index >= 15 is 0 Å². The molecule has 1 aliphatic carbocycles. The predicted octanol–water partition coefficient (Wildman–Crippen LogP) is 3.02. The largest absolute Gasteiger partial charge is 0.460 e. The van der Waals surface area contributed by atoms with Crippen molar-refractivity contribution in [3.05, 3.63) is 88.3 Å². The van der Waals surface area contributed by atoms with Crippen LogP contribution in [0.4, 0.5) is 0 Å². The summed E-state index contributed by atoms with van der Waals surface area (Å²) in [5.74, 6) is -0.594. The summed E-state index contributed by atoms with van der Waals surface area (Å²) >= 11 is 6.10. The number of halogens is 1. The van der Waals surface area contributed by atoms with Crippen molar-refractivity contribution in [2.24, 2.45) is 11.1 Å². The first-order chi connectivity index (χ1) is 14.7. The van der Waals surface area contributed by atoms with Crippen LogP contribution in [0.1, 0.15) is 18.1 Å². The van der Waals surface area contributed by atoms with E-state index in [2.05, 4.69) is 5.32 Å². The van der Waals surface area contributed by atoms with E-state index in [-0.39, 0.29) is 18.1 Å². The molecule has 2 aromatic rings. The molecule has 0 saturated heterocycles. The number of ether oxygens (including phenoxy) is 1. The van der Waals surface area contributed by atoms with Crippen molar-refractivity contribution in [2.45, 2.75) is 18.6 Å². The van der Waals surface area contributed by atoms with Gasteiger partial charge in [-0.3, -0.25) is 4.79 Å². The quantitative estimate of drug-likeness (QED) is 0.690. The first-order valence-corrected chi connectivity index (χ1v) is 11.3. The van der Waals surface area contributed by atoms with Gasteiger partial charge in [-0.25, -0.2) is 13.6 Å². The third-order valence-electron chi connectivity index (χ3n) is 4.80. The Hall–Kier alpha value is -3.12. The number of carbonyl (C=O) groups excluding carboxylic acids is 1. The average Bonchev–Trinajstić information content (AvgIpc) is 2.71. The average molecular weight is 458 g/mol. The lowest BCUT2D eigenvalue weighted by molar-refractivity contribution is -0.119. The zero-order chi connectivity index (χ0) is 22.6. The molecule has 160 valence electrons. The molecule has 9 heteroatoms. The zero-order valence-electron chi connectivity index (χ0n) is 16.6. The number of hydrogen-bond acceptors (Lipinski definition) is 5. The number of sulfonamides is 1. The second kappa shape index (κ2) is 9.35. The maximum atomic E-state index is 12.5. The minimum absolute atomic E-state index is 0.0395. The van der Waals surface area contributed by atoms with Gasteiger partial charge in [-0.05, 0) is 42.0 Å². The van der Waals surface area contributed by atoms with Crippen LogP contribution in [0.15, 0.2) is 72.1 Å². The molecule has 31 heavy (non-hydrogen) atoms. The molecular weight excluding hydrogens is 438 g/mol. The Kier molecular flexibility index (Phi) is 6.81. The number of allylic oxidation sites excluding steroid dienone is 3. The van der Waals surface area contributed by atoms with Crippen LogP contribution >= 0.6 is 11.6 Å². The van der Waals surface area contributed by atoms with Crippen LogP contribution in [0.5, 0.6) is 5.75 Å². The molecule has 2 unspecified atom stereocenters. The summed E-state index contributed by atoms with van der Waals surface area (Å²) < 4.78 is 30.4. The Bertz CT molecular complexity index is 1220. The van der Waals surface area contributed by atoms with Gasteiger partial charge >= 0.3 is 0 Å². The maximum absolute atomic E-state index is 12.5. The number of amides is 1. The molecular formula is C22H20ClN3O4S. The third-order valence-corrected chi connectivity index (χ3v) is 6.51. The number of hydrogen-bond donors (Lipinski definition) is 2. The Morgan fingerprint density at radius 1 is 1.23 bits per heavy atom. The van der Waals surface area contributed by atoms with Crippen LogP contribution < -0.4 is 15.2 Å². The minimum atomic E-state index is -4.07. The van der Waals surface area contributed by atoms with E-state index in [1.54, 1.807) is 55.5 Å². The van der Waals surface area contributed by atoms with Gasteiger partial charge in [-0.2, -0.15) is 5.26 Å². The smallest absolute Gasteiger partial charge is 0.228 e. The van der Waals surface area contributed by atoms with Crippen molar-refractivity contribution in [3.8, 4) is 11.8 Å². The molecule has 2 aromatic carbocycles. The summed E-state index contributed by atoms with van der Waals surface area (Å²) in [6, 6.07) is 15.3. The van der Waals surface area contributed by atoms with Gasteiger partial charge in [0, 0.05) is 16.6 Å². The minimum Gasteiger partial charge on any atom is -0.460 e. The molecule has 0 aromatic heterocycles. The molecule has 0 bridgehead atoms. The Balaban J connectivity index is 1.84. The first-order valence-electron chi connectivity index (χ1n) is 9.33. The van der Waals surface area contributed by atoms with Crippen molar-refractivity contribution in [1.82, 2.24) is 5.32 Å². The van der Waals surface area contributed by atoms with Crippen LogP contribution in [0, 0.1) is 17.2 Å². The van der Waals surface area contributed by atoms with Crippen LogP contribution in [0.25, 0.3) is 0 Å². The lowest BCUT2D eigenvalue weighted by Gasteiger charge is -2.29. The third kappa shape index (κ3) is 5.52. The van der Waals surface area contributed by atoms with Gasteiger partial charge in [0.1, 0.15) is 16.8 Å². The van der Waals surface area contributed by atoms with E-state index in [0.29, 0.717) is 27.6 Å². The normalized spacial score (nSPS) is 18.4. The molecule has 7 nitrogen and oxygen atoms in total. The molecule has 0 radical (unpaired) electrons. The fourth-order valence-corrected chi connectivity index (χ4v) is 4.68. The monoisotopic (exact) mass is 457 g/mol. The van der Waals surface area contributed by atoms with Gasteiger partial charge in [0.2, 0.25) is 15.9 Å². The molecule has 1 amide bonds. The molecule has 1 aliphatic rings. The first kappa shape index (κ1) is 22.6.